The lowest BCUT2D eigenvalue weighted by molar-refractivity contribution is -0.139. The number of hydrogen-bond acceptors (Lipinski definition) is 3. The number of aliphatic hydroxyl groups excluding tert-OH is 1. The molecule has 4 nitrogen and oxygen atoms in total. The maximum Gasteiger partial charge on any atom is 0.341 e. The summed E-state index contributed by atoms with van der Waals surface area (Å²) < 4.78 is 5.64. The first-order valence-electron chi connectivity index (χ1n) is 3.88. The second kappa shape index (κ2) is 4.97. The van der Waals surface area contributed by atoms with Crippen molar-refractivity contribution in [1.29, 1.82) is 0 Å². The van der Waals surface area contributed by atoms with Gasteiger partial charge in [-0.05, 0) is 22.0 Å². The first kappa shape index (κ1) is 11.0. The fourth-order valence-electron chi connectivity index (χ4n) is 0.974. The average Bonchev–Trinajstić information content (AvgIpc) is 2.15. The summed E-state index contributed by atoms with van der Waals surface area (Å²) in [5.74, 6) is -0.679. The highest BCUT2D eigenvalue weighted by Gasteiger charge is 2.08. The summed E-state index contributed by atoms with van der Waals surface area (Å²) in [6.07, 6.45) is 0. The van der Waals surface area contributed by atoms with Gasteiger partial charge in [0.25, 0.3) is 0 Å². The van der Waals surface area contributed by atoms with Crippen molar-refractivity contribution in [2.45, 2.75) is 6.61 Å². The number of rotatable bonds is 4. The number of halogens is 1. The van der Waals surface area contributed by atoms with Crippen LogP contribution in [-0.4, -0.2) is 22.8 Å². The molecular formula is C9H9BrO4. The lowest BCUT2D eigenvalue weighted by atomic mass is 10.2. The molecule has 0 amide bonds. The Balaban J connectivity index is 2.87. The third kappa shape index (κ3) is 2.71. The number of benzene rings is 1. The summed E-state index contributed by atoms with van der Waals surface area (Å²) in [4.78, 5) is 10.3. The van der Waals surface area contributed by atoms with E-state index >= 15 is 0 Å². The lowest BCUT2D eigenvalue weighted by Crippen LogP contribution is -2.10. The van der Waals surface area contributed by atoms with Crippen molar-refractivity contribution in [3.8, 4) is 5.75 Å². The van der Waals surface area contributed by atoms with Gasteiger partial charge in [0.15, 0.2) is 6.61 Å². The van der Waals surface area contributed by atoms with Crippen LogP contribution in [0.2, 0.25) is 0 Å². The Bertz CT molecular complexity index is 338. The van der Waals surface area contributed by atoms with Gasteiger partial charge in [-0.15, -0.1) is 0 Å². The molecule has 0 saturated carbocycles. The van der Waals surface area contributed by atoms with Crippen LogP contribution >= 0.6 is 15.9 Å². The van der Waals surface area contributed by atoms with Gasteiger partial charge < -0.3 is 14.9 Å². The van der Waals surface area contributed by atoms with Gasteiger partial charge in [-0.2, -0.15) is 0 Å². The number of hydrogen-bond donors (Lipinski definition) is 2. The molecule has 1 rings (SSSR count). The third-order valence-electron chi connectivity index (χ3n) is 1.56. The van der Waals surface area contributed by atoms with E-state index in [2.05, 4.69) is 15.9 Å². The van der Waals surface area contributed by atoms with Crippen molar-refractivity contribution in [3.63, 3.8) is 0 Å². The largest absolute Gasteiger partial charge is 0.480 e. The molecule has 0 heterocycles. The van der Waals surface area contributed by atoms with Crippen molar-refractivity contribution < 1.29 is 19.7 Å². The molecule has 2 N–H and O–H groups in total. The van der Waals surface area contributed by atoms with Gasteiger partial charge in [-0.1, -0.05) is 12.1 Å². The minimum Gasteiger partial charge on any atom is -0.480 e. The van der Waals surface area contributed by atoms with Gasteiger partial charge in [0.2, 0.25) is 0 Å². The van der Waals surface area contributed by atoms with Crippen molar-refractivity contribution in [2.24, 2.45) is 0 Å². The number of carbonyl (C=O) groups is 1. The molecule has 0 spiro atoms. The van der Waals surface area contributed by atoms with Crippen LogP contribution in [0.1, 0.15) is 5.56 Å². The second-order valence-electron chi connectivity index (χ2n) is 2.57. The van der Waals surface area contributed by atoms with Crippen molar-refractivity contribution in [2.75, 3.05) is 6.61 Å². The molecule has 0 saturated heterocycles. The van der Waals surface area contributed by atoms with Gasteiger partial charge in [-0.25, -0.2) is 4.79 Å². The molecule has 0 aliphatic rings. The summed E-state index contributed by atoms with van der Waals surface area (Å²) in [7, 11) is 0. The Morgan fingerprint density at radius 2 is 2.21 bits per heavy atom. The van der Waals surface area contributed by atoms with E-state index in [0.717, 1.165) is 0 Å². The van der Waals surface area contributed by atoms with Crippen molar-refractivity contribution in [1.82, 2.24) is 0 Å². The highest BCUT2D eigenvalue weighted by atomic mass is 79.9. The van der Waals surface area contributed by atoms with Gasteiger partial charge in [0.1, 0.15) is 5.75 Å². The number of aliphatic carboxylic acids is 1. The Morgan fingerprint density at radius 1 is 1.50 bits per heavy atom. The molecule has 5 heteroatoms. The van der Waals surface area contributed by atoms with Crippen LogP contribution in [0.15, 0.2) is 22.7 Å². The van der Waals surface area contributed by atoms with Gasteiger partial charge in [0, 0.05) is 5.56 Å². The predicted molar refractivity (Wildman–Crippen MR) is 53.2 cm³/mol. The van der Waals surface area contributed by atoms with E-state index in [-0.39, 0.29) is 6.61 Å². The van der Waals surface area contributed by atoms with E-state index in [0.29, 0.717) is 15.8 Å². The van der Waals surface area contributed by atoms with E-state index in [1.54, 1.807) is 18.2 Å². The van der Waals surface area contributed by atoms with Crippen LogP contribution in [0.25, 0.3) is 0 Å². The molecule has 1 aromatic carbocycles. The summed E-state index contributed by atoms with van der Waals surface area (Å²) >= 11 is 3.21. The normalized spacial score (nSPS) is 9.86. The molecule has 0 bridgehead atoms. The van der Waals surface area contributed by atoms with Crippen LogP contribution in [0.4, 0.5) is 0 Å². The minimum absolute atomic E-state index is 0.186. The fraction of sp³-hybridized carbons (Fsp3) is 0.222. The number of carboxylic acid groups (broad SMARTS) is 1. The maximum absolute atomic E-state index is 10.3. The molecule has 1 aromatic rings. The Labute approximate surface area is 89.3 Å². The summed E-state index contributed by atoms with van der Waals surface area (Å²) in [6, 6.07) is 5.13. The zero-order valence-electron chi connectivity index (χ0n) is 7.24. The second-order valence-corrected chi connectivity index (χ2v) is 3.42. The van der Waals surface area contributed by atoms with Crippen LogP contribution < -0.4 is 4.74 Å². The van der Waals surface area contributed by atoms with Crippen LogP contribution in [-0.2, 0) is 11.4 Å². The molecule has 0 atom stereocenters. The summed E-state index contributed by atoms with van der Waals surface area (Å²) in [6.45, 7) is -0.607. The third-order valence-corrected chi connectivity index (χ3v) is 2.18. The highest BCUT2D eigenvalue weighted by molar-refractivity contribution is 9.10. The van der Waals surface area contributed by atoms with E-state index in [1.807, 2.05) is 0 Å². The van der Waals surface area contributed by atoms with E-state index < -0.39 is 12.6 Å². The lowest BCUT2D eigenvalue weighted by Gasteiger charge is -2.09. The predicted octanol–water partition coefficient (Wildman–Crippen LogP) is 1.40. The average molecular weight is 261 g/mol. The summed E-state index contributed by atoms with van der Waals surface area (Å²) in [5.41, 5.74) is 0.556. The fourth-order valence-corrected chi connectivity index (χ4v) is 1.50. The van der Waals surface area contributed by atoms with Crippen LogP contribution in [0.3, 0.4) is 0 Å². The van der Waals surface area contributed by atoms with Crippen molar-refractivity contribution in [3.05, 3.63) is 28.2 Å². The van der Waals surface area contributed by atoms with Gasteiger partial charge in [0.05, 0.1) is 11.1 Å². The van der Waals surface area contributed by atoms with Crippen LogP contribution in [0, 0.1) is 0 Å². The first-order chi connectivity index (χ1) is 6.65. The molecular weight excluding hydrogens is 252 g/mol. The first-order valence-corrected chi connectivity index (χ1v) is 4.67. The van der Waals surface area contributed by atoms with Crippen molar-refractivity contribution >= 4 is 21.9 Å². The Hall–Kier alpha value is -1.07. The quantitative estimate of drug-likeness (QED) is 0.859. The molecule has 0 fully saturated rings. The molecule has 0 aliphatic heterocycles. The SMILES string of the molecule is O=C(O)COc1c(Br)cccc1CO. The number of para-hydroxylation sites is 1. The number of carboxylic acids is 1. The number of aliphatic hydroxyl groups is 1. The Kier molecular flexibility index (Phi) is 3.91. The van der Waals surface area contributed by atoms with E-state index in [9.17, 15) is 4.79 Å². The smallest absolute Gasteiger partial charge is 0.341 e. The molecule has 76 valence electrons. The van der Waals surface area contributed by atoms with Crippen LogP contribution in [0.5, 0.6) is 5.75 Å². The molecule has 0 aromatic heterocycles. The molecule has 14 heavy (non-hydrogen) atoms. The molecule has 0 aliphatic carbocycles. The maximum atomic E-state index is 10.3. The van der Waals surface area contributed by atoms with Gasteiger partial charge >= 0.3 is 5.97 Å². The molecule has 0 radical (unpaired) electrons. The standard InChI is InChI=1S/C9H9BrO4/c10-7-3-1-2-6(4-11)9(7)14-5-8(12)13/h1-3,11H,4-5H2,(H,12,13). The number of ether oxygens (including phenoxy) is 1. The highest BCUT2D eigenvalue weighted by Crippen LogP contribution is 2.28. The zero-order chi connectivity index (χ0) is 10.6. The summed E-state index contributed by atoms with van der Waals surface area (Å²) in [5, 5.41) is 17.4. The topological polar surface area (TPSA) is 66.8 Å². The van der Waals surface area contributed by atoms with Gasteiger partial charge in [-0.3, -0.25) is 0 Å². The monoisotopic (exact) mass is 260 g/mol. The van der Waals surface area contributed by atoms with E-state index in [4.69, 9.17) is 14.9 Å². The van der Waals surface area contributed by atoms with E-state index in [1.165, 1.54) is 0 Å². The molecule has 0 unspecified atom stereocenters. The Morgan fingerprint density at radius 3 is 2.79 bits per heavy atom. The minimum atomic E-state index is -1.05. The zero-order valence-corrected chi connectivity index (χ0v) is 8.82.